The number of halogens is 1. The quantitative estimate of drug-likeness (QED) is 0.396. The Kier molecular flexibility index (Phi) is 3.82. The van der Waals surface area contributed by atoms with Crippen molar-refractivity contribution >= 4 is 40.6 Å². The molecule has 0 amide bonds. The average Bonchev–Trinajstić information content (AvgIpc) is 2.67. The number of allylic oxidation sites excluding steroid dienone is 2. The van der Waals surface area contributed by atoms with Crippen LogP contribution in [-0.4, -0.2) is 18.5 Å². The molecule has 21 heavy (non-hydrogen) atoms. The van der Waals surface area contributed by atoms with Crippen molar-refractivity contribution in [3.8, 4) is 0 Å². The van der Waals surface area contributed by atoms with E-state index >= 15 is 0 Å². The highest BCUT2D eigenvalue weighted by Crippen LogP contribution is 2.30. The third-order valence-electron chi connectivity index (χ3n) is 3.37. The fraction of sp³-hybridized carbons (Fsp3) is 0.188. The number of benzene rings is 1. The molecule has 1 atom stereocenters. The minimum absolute atomic E-state index is 0.379. The summed E-state index contributed by atoms with van der Waals surface area (Å²) >= 11 is 5.91. The first-order valence-electron chi connectivity index (χ1n) is 6.73. The number of rotatable bonds is 3. The van der Waals surface area contributed by atoms with Crippen LogP contribution in [0.25, 0.3) is 23.1 Å². The van der Waals surface area contributed by atoms with E-state index in [1.807, 2.05) is 24.3 Å². The summed E-state index contributed by atoms with van der Waals surface area (Å²) in [5.74, 6) is 1.25. The number of aliphatic imine (C=N–C) groups is 1. The lowest BCUT2D eigenvalue weighted by molar-refractivity contribution is 0.603. The monoisotopic (exact) mass is 301 g/mol. The Balaban J connectivity index is 2.06. The molecule has 1 aromatic carbocycles. The molecule has 108 valence electrons. The third kappa shape index (κ3) is 2.73. The van der Waals surface area contributed by atoms with E-state index in [1.54, 1.807) is 7.05 Å². The van der Waals surface area contributed by atoms with Crippen LogP contribution >= 0.6 is 11.6 Å². The van der Waals surface area contributed by atoms with E-state index in [9.17, 15) is 0 Å². The van der Waals surface area contributed by atoms with Gasteiger partial charge in [0, 0.05) is 16.5 Å². The van der Waals surface area contributed by atoms with Gasteiger partial charge in [-0.15, -0.1) is 0 Å². The topological polar surface area (TPSA) is 63.5 Å². The van der Waals surface area contributed by atoms with Crippen LogP contribution in [0.1, 0.15) is 23.3 Å². The number of furan rings is 1. The van der Waals surface area contributed by atoms with Crippen LogP contribution in [0, 0.1) is 0 Å². The van der Waals surface area contributed by atoms with Crippen molar-refractivity contribution in [3.63, 3.8) is 0 Å². The summed E-state index contributed by atoms with van der Waals surface area (Å²) in [5, 5.41) is 3.88. The summed E-state index contributed by atoms with van der Waals surface area (Å²) in [5.41, 5.74) is 8.11. The molecule has 1 aliphatic carbocycles. The number of nitrogens with two attached hydrogens (primary N) is 1. The summed E-state index contributed by atoms with van der Waals surface area (Å²) < 4.78 is 5.90. The minimum atomic E-state index is -0.542. The predicted octanol–water partition coefficient (Wildman–Crippen LogP) is 3.31. The highest BCUT2D eigenvalue weighted by atomic mass is 35.5. The molecule has 2 aromatic rings. The largest absolute Gasteiger partial charge is 0.456 e. The van der Waals surface area contributed by atoms with Crippen molar-refractivity contribution < 1.29 is 4.42 Å². The molecule has 0 saturated heterocycles. The standard InChI is InChI=1S/C16H16ClN3O/c1-19-16(17)20-15(18)10-7-8-12-11-5-3-2-4-6-13(11)21-14(12)9-10/h3-9,16,19H,2H2,1H3,(H2,18,20). The van der Waals surface area contributed by atoms with Crippen LogP contribution in [0.3, 0.4) is 0 Å². The Morgan fingerprint density at radius 3 is 3.00 bits per heavy atom. The molecule has 1 unspecified atom stereocenters. The second-order valence-corrected chi connectivity index (χ2v) is 5.18. The van der Waals surface area contributed by atoms with E-state index in [2.05, 4.69) is 28.5 Å². The number of nitrogens with zero attached hydrogens (tertiary/aromatic N) is 1. The van der Waals surface area contributed by atoms with Gasteiger partial charge in [0.25, 0.3) is 0 Å². The second kappa shape index (κ2) is 5.76. The summed E-state index contributed by atoms with van der Waals surface area (Å²) in [4.78, 5) is 4.15. The van der Waals surface area contributed by atoms with Crippen LogP contribution in [0.4, 0.5) is 0 Å². The van der Waals surface area contributed by atoms with Crippen LogP contribution in [0.15, 0.2) is 39.8 Å². The predicted molar refractivity (Wildman–Crippen MR) is 88.3 cm³/mol. The molecule has 0 bridgehead atoms. The van der Waals surface area contributed by atoms with E-state index < -0.39 is 5.62 Å². The maximum atomic E-state index is 5.97. The molecular weight excluding hydrogens is 286 g/mol. The SMILES string of the molecule is CNC(Cl)/N=C(\N)c1ccc2c3c(oc2c1)C=CCC=C3. The highest BCUT2D eigenvalue weighted by molar-refractivity contribution is 6.21. The molecule has 5 heteroatoms. The van der Waals surface area contributed by atoms with Crippen molar-refractivity contribution in [2.45, 2.75) is 12.0 Å². The van der Waals surface area contributed by atoms with Crippen LogP contribution in [-0.2, 0) is 0 Å². The first-order chi connectivity index (χ1) is 10.2. The number of nitrogens with one attached hydrogen (secondary N) is 1. The molecule has 3 N–H and O–H groups in total. The van der Waals surface area contributed by atoms with Gasteiger partial charge >= 0.3 is 0 Å². The Bertz CT molecular complexity index is 758. The molecule has 4 nitrogen and oxygen atoms in total. The Labute approximate surface area is 128 Å². The number of fused-ring (bicyclic) bond motifs is 3. The normalized spacial score (nSPS) is 16.0. The number of hydrogen-bond acceptors (Lipinski definition) is 3. The Morgan fingerprint density at radius 1 is 1.38 bits per heavy atom. The molecule has 0 fully saturated rings. The lowest BCUT2D eigenvalue weighted by atomic mass is 10.1. The zero-order chi connectivity index (χ0) is 14.8. The molecule has 0 aliphatic heterocycles. The molecule has 0 spiro atoms. The van der Waals surface area contributed by atoms with E-state index in [0.717, 1.165) is 34.3 Å². The van der Waals surface area contributed by atoms with Gasteiger partial charge < -0.3 is 10.2 Å². The minimum Gasteiger partial charge on any atom is -0.456 e. The van der Waals surface area contributed by atoms with Gasteiger partial charge in [-0.1, -0.05) is 35.9 Å². The van der Waals surface area contributed by atoms with Gasteiger partial charge in [-0.2, -0.15) is 0 Å². The van der Waals surface area contributed by atoms with E-state index in [-0.39, 0.29) is 0 Å². The van der Waals surface area contributed by atoms with Crippen molar-refractivity contribution in [1.29, 1.82) is 0 Å². The summed E-state index contributed by atoms with van der Waals surface area (Å²) in [6, 6.07) is 5.82. The number of alkyl halides is 1. The third-order valence-corrected chi connectivity index (χ3v) is 3.69. The van der Waals surface area contributed by atoms with Gasteiger partial charge in [-0.05, 0) is 31.7 Å². The first kappa shape index (κ1) is 13.9. The maximum absolute atomic E-state index is 5.97. The molecule has 0 saturated carbocycles. The van der Waals surface area contributed by atoms with E-state index in [1.165, 1.54) is 0 Å². The van der Waals surface area contributed by atoms with E-state index in [4.69, 9.17) is 21.8 Å². The zero-order valence-electron chi connectivity index (χ0n) is 11.6. The van der Waals surface area contributed by atoms with Crippen molar-refractivity contribution in [2.24, 2.45) is 10.7 Å². The molecule has 1 aromatic heterocycles. The Hall–Kier alpha value is -2.04. The van der Waals surface area contributed by atoms with Gasteiger partial charge in [-0.25, -0.2) is 4.99 Å². The Morgan fingerprint density at radius 2 is 2.19 bits per heavy atom. The van der Waals surface area contributed by atoms with Crippen LogP contribution in [0.5, 0.6) is 0 Å². The van der Waals surface area contributed by atoms with Gasteiger partial charge in [-0.3, -0.25) is 5.32 Å². The van der Waals surface area contributed by atoms with Gasteiger partial charge in [0.1, 0.15) is 17.2 Å². The van der Waals surface area contributed by atoms with Gasteiger partial charge in [0.15, 0.2) is 5.62 Å². The molecule has 1 heterocycles. The summed E-state index contributed by atoms with van der Waals surface area (Å²) in [6.07, 6.45) is 9.21. The van der Waals surface area contributed by atoms with Crippen molar-refractivity contribution in [3.05, 3.63) is 47.2 Å². The number of hydrogen-bond donors (Lipinski definition) is 2. The fourth-order valence-corrected chi connectivity index (χ4v) is 2.40. The van der Waals surface area contributed by atoms with Crippen molar-refractivity contribution in [2.75, 3.05) is 7.05 Å². The van der Waals surface area contributed by atoms with Crippen LogP contribution in [0.2, 0.25) is 0 Å². The van der Waals surface area contributed by atoms with E-state index in [0.29, 0.717) is 5.84 Å². The first-order valence-corrected chi connectivity index (χ1v) is 7.17. The lowest BCUT2D eigenvalue weighted by Gasteiger charge is -2.05. The summed E-state index contributed by atoms with van der Waals surface area (Å²) in [6.45, 7) is 0. The van der Waals surface area contributed by atoms with Gasteiger partial charge in [0.2, 0.25) is 0 Å². The lowest BCUT2D eigenvalue weighted by Crippen LogP contribution is -2.22. The van der Waals surface area contributed by atoms with Crippen molar-refractivity contribution in [1.82, 2.24) is 5.32 Å². The second-order valence-electron chi connectivity index (χ2n) is 4.77. The fourth-order valence-electron chi connectivity index (χ4n) is 2.29. The van der Waals surface area contributed by atoms with Crippen LogP contribution < -0.4 is 11.1 Å². The smallest absolute Gasteiger partial charge is 0.177 e. The molecule has 3 rings (SSSR count). The maximum Gasteiger partial charge on any atom is 0.177 e. The number of amidine groups is 1. The zero-order valence-corrected chi connectivity index (χ0v) is 12.4. The molecular formula is C16H16ClN3O. The average molecular weight is 302 g/mol. The molecule has 1 aliphatic rings. The molecule has 0 radical (unpaired) electrons. The highest BCUT2D eigenvalue weighted by Gasteiger charge is 2.12. The summed E-state index contributed by atoms with van der Waals surface area (Å²) in [7, 11) is 1.72. The van der Waals surface area contributed by atoms with Gasteiger partial charge in [0.05, 0.1) is 0 Å².